The van der Waals surface area contributed by atoms with Gasteiger partial charge >= 0.3 is 0 Å². The number of rotatable bonds is 6. The maximum Gasteiger partial charge on any atom is -0.0388 e. The lowest BCUT2D eigenvalue weighted by atomic mass is 9.73. The van der Waals surface area contributed by atoms with Gasteiger partial charge in [-0.05, 0) is 42.4 Å². The van der Waals surface area contributed by atoms with E-state index in [0.717, 1.165) is 29.6 Å². The Kier molecular flexibility index (Phi) is 6.91. The smallest absolute Gasteiger partial charge is 0.0388 e. The summed E-state index contributed by atoms with van der Waals surface area (Å²) in [5, 5.41) is 0. The first-order valence-corrected chi connectivity index (χ1v) is 9.66. The Hall–Kier alpha value is 0. The highest BCUT2D eigenvalue weighted by Crippen LogP contribution is 2.37. The average Bonchev–Trinajstić information content (AvgIpc) is 2.42. The van der Waals surface area contributed by atoms with Crippen LogP contribution >= 0.6 is 0 Å². The minimum absolute atomic E-state index is 0.994. The van der Waals surface area contributed by atoms with Gasteiger partial charge in [0.05, 0.1) is 0 Å². The molecule has 0 amide bonds. The van der Waals surface area contributed by atoms with Gasteiger partial charge in [-0.25, -0.2) is 0 Å². The van der Waals surface area contributed by atoms with Crippen molar-refractivity contribution >= 4 is 0 Å². The normalized spacial score (nSPS) is 38.9. The lowest BCUT2D eigenvalue weighted by Crippen LogP contribution is -2.21. The molecule has 0 radical (unpaired) electrons. The summed E-state index contributed by atoms with van der Waals surface area (Å²) in [5.74, 6) is 5.13. The van der Waals surface area contributed by atoms with Gasteiger partial charge in [0.15, 0.2) is 0 Å². The summed E-state index contributed by atoms with van der Waals surface area (Å²) >= 11 is 0. The second kappa shape index (κ2) is 8.44. The molecule has 118 valence electrons. The van der Waals surface area contributed by atoms with E-state index in [9.17, 15) is 0 Å². The lowest BCUT2D eigenvalue weighted by molar-refractivity contribution is 0.188. The maximum atomic E-state index is 2.50. The van der Waals surface area contributed by atoms with Crippen LogP contribution < -0.4 is 0 Å². The van der Waals surface area contributed by atoms with Gasteiger partial charge in [0.25, 0.3) is 0 Å². The third-order valence-electron chi connectivity index (χ3n) is 6.55. The second-order valence-electron chi connectivity index (χ2n) is 8.32. The van der Waals surface area contributed by atoms with E-state index in [-0.39, 0.29) is 0 Å². The standard InChI is InChI=1S/C20H38/c1-16-13-14-20(18(3)15-16)11-6-4-5-10-19-12-8-7-9-17(19)2/h16-20H,4-15H2,1-3H3. The van der Waals surface area contributed by atoms with Gasteiger partial charge in [0.2, 0.25) is 0 Å². The molecule has 2 rings (SSSR count). The summed E-state index contributed by atoms with van der Waals surface area (Å²) in [7, 11) is 0. The largest absolute Gasteiger partial charge is 0.0625 e. The zero-order valence-electron chi connectivity index (χ0n) is 14.4. The molecule has 2 saturated carbocycles. The SMILES string of the molecule is CC1CCC(CCCCCC2CCCCC2C)C(C)C1. The van der Waals surface area contributed by atoms with E-state index in [1.807, 2.05) is 0 Å². The molecule has 2 aliphatic rings. The van der Waals surface area contributed by atoms with E-state index >= 15 is 0 Å². The second-order valence-corrected chi connectivity index (χ2v) is 8.32. The Labute approximate surface area is 128 Å². The highest BCUT2D eigenvalue weighted by molar-refractivity contribution is 4.76. The molecular weight excluding hydrogens is 240 g/mol. The lowest BCUT2D eigenvalue weighted by Gasteiger charge is -2.32. The number of hydrogen-bond acceptors (Lipinski definition) is 0. The fourth-order valence-corrected chi connectivity index (χ4v) is 4.97. The van der Waals surface area contributed by atoms with E-state index in [4.69, 9.17) is 0 Å². The summed E-state index contributed by atoms with van der Waals surface area (Å²) in [6.07, 6.45) is 18.1. The van der Waals surface area contributed by atoms with Gasteiger partial charge in [-0.2, -0.15) is 0 Å². The van der Waals surface area contributed by atoms with Crippen molar-refractivity contribution in [3.63, 3.8) is 0 Å². The van der Waals surface area contributed by atoms with Gasteiger partial charge < -0.3 is 0 Å². The van der Waals surface area contributed by atoms with Crippen LogP contribution in [0.1, 0.15) is 97.8 Å². The molecule has 0 aromatic rings. The molecule has 0 aromatic carbocycles. The average molecular weight is 279 g/mol. The van der Waals surface area contributed by atoms with Crippen LogP contribution in [0.3, 0.4) is 0 Å². The van der Waals surface area contributed by atoms with Crippen LogP contribution in [0.4, 0.5) is 0 Å². The minimum atomic E-state index is 0.994. The Balaban J connectivity index is 1.53. The van der Waals surface area contributed by atoms with Crippen molar-refractivity contribution in [2.75, 3.05) is 0 Å². The molecule has 5 atom stereocenters. The molecular formula is C20H38. The summed E-state index contributed by atoms with van der Waals surface area (Å²) in [5.41, 5.74) is 0. The van der Waals surface area contributed by atoms with Gasteiger partial charge in [0, 0.05) is 0 Å². The van der Waals surface area contributed by atoms with Crippen LogP contribution in [-0.4, -0.2) is 0 Å². The summed E-state index contributed by atoms with van der Waals surface area (Å²) in [4.78, 5) is 0. The molecule has 0 heteroatoms. The fraction of sp³-hybridized carbons (Fsp3) is 1.00. The molecule has 0 saturated heterocycles. The van der Waals surface area contributed by atoms with Crippen LogP contribution in [0.15, 0.2) is 0 Å². The third kappa shape index (κ3) is 5.08. The van der Waals surface area contributed by atoms with E-state index < -0.39 is 0 Å². The molecule has 0 aliphatic heterocycles. The molecule has 20 heavy (non-hydrogen) atoms. The molecule has 2 aliphatic carbocycles. The molecule has 2 fully saturated rings. The Morgan fingerprint density at radius 1 is 0.650 bits per heavy atom. The maximum absolute atomic E-state index is 2.50. The van der Waals surface area contributed by atoms with Crippen molar-refractivity contribution in [1.29, 1.82) is 0 Å². The topological polar surface area (TPSA) is 0 Å². The van der Waals surface area contributed by atoms with Gasteiger partial charge in [-0.3, -0.25) is 0 Å². The van der Waals surface area contributed by atoms with Crippen molar-refractivity contribution in [2.24, 2.45) is 29.6 Å². The van der Waals surface area contributed by atoms with Crippen LogP contribution in [0.25, 0.3) is 0 Å². The van der Waals surface area contributed by atoms with Crippen LogP contribution in [0, 0.1) is 29.6 Å². The van der Waals surface area contributed by atoms with E-state index in [1.54, 1.807) is 0 Å². The number of hydrogen-bond donors (Lipinski definition) is 0. The van der Waals surface area contributed by atoms with Crippen molar-refractivity contribution < 1.29 is 0 Å². The first-order chi connectivity index (χ1) is 9.66. The summed E-state index contributed by atoms with van der Waals surface area (Å²) < 4.78 is 0. The summed E-state index contributed by atoms with van der Waals surface area (Å²) in [6, 6.07) is 0. The van der Waals surface area contributed by atoms with Gasteiger partial charge in [-0.1, -0.05) is 85.0 Å². The summed E-state index contributed by atoms with van der Waals surface area (Å²) in [6.45, 7) is 7.44. The molecule has 0 heterocycles. The molecule has 0 bridgehead atoms. The fourth-order valence-electron chi connectivity index (χ4n) is 4.97. The van der Waals surface area contributed by atoms with Crippen molar-refractivity contribution in [2.45, 2.75) is 97.8 Å². The molecule has 0 nitrogen and oxygen atoms in total. The Morgan fingerprint density at radius 2 is 1.30 bits per heavy atom. The quantitative estimate of drug-likeness (QED) is 0.467. The van der Waals surface area contributed by atoms with E-state index in [0.29, 0.717) is 0 Å². The van der Waals surface area contributed by atoms with Crippen molar-refractivity contribution in [1.82, 2.24) is 0 Å². The predicted octanol–water partition coefficient (Wildman–Crippen LogP) is 6.84. The monoisotopic (exact) mass is 278 g/mol. The zero-order valence-corrected chi connectivity index (χ0v) is 14.4. The van der Waals surface area contributed by atoms with E-state index in [2.05, 4.69) is 20.8 Å². The third-order valence-corrected chi connectivity index (χ3v) is 6.55. The van der Waals surface area contributed by atoms with Crippen LogP contribution in [-0.2, 0) is 0 Å². The molecule has 0 spiro atoms. The van der Waals surface area contributed by atoms with Crippen LogP contribution in [0.2, 0.25) is 0 Å². The van der Waals surface area contributed by atoms with Gasteiger partial charge in [-0.15, -0.1) is 0 Å². The highest BCUT2D eigenvalue weighted by atomic mass is 14.3. The van der Waals surface area contributed by atoms with Gasteiger partial charge in [0.1, 0.15) is 0 Å². The zero-order chi connectivity index (χ0) is 14.4. The number of unbranched alkanes of at least 4 members (excludes halogenated alkanes) is 2. The highest BCUT2D eigenvalue weighted by Gasteiger charge is 2.25. The first-order valence-electron chi connectivity index (χ1n) is 9.66. The van der Waals surface area contributed by atoms with Crippen molar-refractivity contribution in [3.05, 3.63) is 0 Å². The van der Waals surface area contributed by atoms with Crippen molar-refractivity contribution in [3.8, 4) is 0 Å². The van der Waals surface area contributed by atoms with E-state index in [1.165, 1.54) is 77.0 Å². The molecule has 5 unspecified atom stereocenters. The van der Waals surface area contributed by atoms with Crippen LogP contribution in [0.5, 0.6) is 0 Å². The molecule has 0 N–H and O–H groups in total. The first kappa shape index (κ1) is 16.4. The molecule has 0 aromatic heterocycles. The Morgan fingerprint density at radius 3 is 1.95 bits per heavy atom. The Bertz CT molecular complexity index is 257. The minimum Gasteiger partial charge on any atom is -0.0625 e. The predicted molar refractivity (Wildman–Crippen MR) is 89.9 cm³/mol.